The molecule has 1 aliphatic heterocycles. The Labute approximate surface area is 124 Å². The maximum absolute atomic E-state index is 11.5. The van der Waals surface area contributed by atoms with E-state index in [2.05, 4.69) is 10.2 Å². The summed E-state index contributed by atoms with van der Waals surface area (Å²) in [6.07, 6.45) is 2.43. The molecule has 2 heterocycles. The van der Waals surface area contributed by atoms with Gasteiger partial charge < -0.3 is 0 Å². The monoisotopic (exact) mass is 306 g/mol. The Kier molecular flexibility index (Phi) is 3.77. The molecule has 0 saturated carbocycles. The Bertz CT molecular complexity index is 712. The minimum atomic E-state index is -2.85. The lowest BCUT2D eigenvalue weighted by Gasteiger charge is -2.21. The molecule has 21 heavy (non-hydrogen) atoms. The first-order valence-corrected chi connectivity index (χ1v) is 8.73. The zero-order valence-electron chi connectivity index (χ0n) is 11.9. The molecule has 0 N–H and O–H groups in total. The van der Waals surface area contributed by atoms with E-state index in [0.717, 1.165) is 11.4 Å². The Morgan fingerprint density at radius 3 is 2.76 bits per heavy atom. The minimum absolute atomic E-state index is 0.0804. The number of aromatic nitrogens is 3. The van der Waals surface area contributed by atoms with Crippen molar-refractivity contribution in [2.75, 3.05) is 18.6 Å². The number of hydrogen-bond acceptors (Lipinski definition) is 5. The maximum Gasteiger partial charge on any atom is 0.151 e. The molecule has 6 nitrogen and oxygen atoms in total. The van der Waals surface area contributed by atoms with Crippen LogP contribution in [0.2, 0.25) is 0 Å². The van der Waals surface area contributed by atoms with Gasteiger partial charge in [0.05, 0.1) is 29.1 Å². The summed E-state index contributed by atoms with van der Waals surface area (Å²) < 4.78 is 23.1. The van der Waals surface area contributed by atoms with Gasteiger partial charge in [0, 0.05) is 12.6 Å². The van der Waals surface area contributed by atoms with Crippen molar-refractivity contribution in [3.8, 4) is 5.69 Å². The van der Waals surface area contributed by atoms with Crippen molar-refractivity contribution in [3.63, 3.8) is 0 Å². The van der Waals surface area contributed by atoms with Crippen LogP contribution in [0.1, 0.15) is 12.1 Å². The van der Waals surface area contributed by atoms with E-state index < -0.39 is 9.84 Å². The summed E-state index contributed by atoms with van der Waals surface area (Å²) in [7, 11) is -0.916. The highest BCUT2D eigenvalue weighted by atomic mass is 32.2. The number of sulfone groups is 1. The molecule has 0 unspecified atom stereocenters. The Morgan fingerprint density at radius 1 is 1.33 bits per heavy atom. The SMILES string of the molecule is CN(Cc1cnn(-c2ccccc2)n1)[C@H]1CCS(=O)(=O)C1. The second-order valence-corrected chi connectivity index (χ2v) is 7.66. The lowest BCUT2D eigenvalue weighted by molar-refractivity contribution is 0.250. The predicted molar refractivity (Wildman–Crippen MR) is 79.9 cm³/mol. The normalized spacial score (nSPS) is 21.0. The number of benzene rings is 1. The number of para-hydroxylation sites is 1. The number of nitrogens with zero attached hydrogens (tertiary/aromatic N) is 4. The molecular weight excluding hydrogens is 288 g/mol. The fourth-order valence-corrected chi connectivity index (χ4v) is 4.37. The van der Waals surface area contributed by atoms with Crippen LogP contribution in [0.3, 0.4) is 0 Å². The molecule has 0 spiro atoms. The quantitative estimate of drug-likeness (QED) is 0.839. The highest BCUT2D eigenvalue weighted by Gasteiger charge is 2.30. The van der Waals surface area contributed by atoms with E-state index in [4.69, 9.17) is 0 Å². The molecule has 0 aliphatic carbocycles. The molecule has 0 radical (unpaired) electrons. The van der Waals surface area contributed by atoms with E-state index in [0.29, 0.717) is 18.7 Å². The molecule has 0 amide bonds. The predicted octanol–water partition coefficient (Wildman–Crippen LogP) is 0.886. The molecule has 1 aliphatic rings. The van der Waals surface area contributed by atoms with Crippen molar-refractivity contribution in [2.24, 2.45) is 0 Å². The second-order valence-electron chi connectivity index (χ2n) is 5.43. The molecule has 1 aromatic carbocycles. The summed E-state index contributed by atoms with van der Waals surface area (Å²) in [5.41, 5.74) is 1.75. The zero-order valence-corrected chi connectivity index (χ0v) is 12.7. The summed E-state index contributed by atoms with van der Waals surface area (Å²) in [6.45, 7) is 0.604. The van der Waals surface area contributed by atoms with Gasteiger partial charge in [-0.15, -0.1) is 0 Å². The first-order valence-electron chi connectivity index (χ1n) is 6.91. The van der Waals surface area contributed by atoms with Crippen molar-refractivity contribution in [2.45, 2.75) is 19.0 Å². The highest BCUT2D eigenvalue weighted by Crippen LogP contribution is 2.18. The summed E-state index contributed by atoms with van der Waals surface area (Å²) in [6, 6.07) is 9.79. The minimum Gasteiger partial charge on any atom is -0.296 e. The van der Waals surface area contributed by atoms with Crippen LogP contribution in [0.15, 0.2) is 36.5 Å². The topological polar surface area (TPSA) is 68.1 Å². The summed E-state index contributed by atoms with van der Waals surface area (Å²) in [4.78, 5) is 3.64. The Balaban J connectivity index is 1.68. The van der Waals surface area contributed by atoms with E-state index in [1.807, 2.05) is 42.3 Å². The molecule has 2 aromatic rings. The van der Waals surface area contributed by atoms with Gasteiger partial charge in [0.2, 0.25) is 0 Å². The molecule has 3 rings (SSSR count). The summed E-state index contributed by atoms with van der Waals surface area (Å²) in [5, 5.41) is 8.70. The first kappa shape index (κ1) is 14.2. The zero-order chi connectivity index (χ0) is 14.9. The smallest absolute Gasteiger partial charge is 0.151 e. The number of rotatable bonds is 4. The highest BCUT2D eigenvalue weighted by molar-refractivity contribution is 7.91. The van der Waals surface area contributed by atoms with Crippen molar-refractivity contribution >= 4 is 9.84 Å². The third kappa shape index (κ3) is 3.30. The van der Waals surface area contributed by atoms with E-state index in [1.165, 1.54) is 0 Å². The summed E-state index contributed by atoms with van der Waals surface area (Å²) >= 11 is 0. The van der Waals surface area contributed by atoms with Crippen LogP contribution in [0.5, 0.6) is 0 Å². The van der Waals surface area contributed by atoms with Crippen LogP contribution in [0, 0.1) is 0 Å². The third-order valence-corrected chi connectivity index (χ3v) is 5.52. The van der Waals surface area contributed by atoms with E-state index >= 15 is 0 Å². The molecule has 1 aromatic heterocycles. The average Bonchev–Trinajstić information content (AvgIpc) is 3.06. The van der Waals surface area contributed by atoms with Crippen LogP contribution in [-0.2, 0) is 16.4 Å². The van der Waals surface area contributed by atoms with E-state index in [1.54, 1.807) is 11.0 Å². The first-order chi connectivity index (χ1) is 10.0. The molecule has 1 fully saturated rings. The Morgan fingerprint density at radius 2 is 2.10 bits per heavy atom. The Hall–Kier alpha value is -1.73. The van der Waals surface area contributed by atoms with E-state index in [9.17, 15) is 8.42 Å². The molecule has 1 atom stereocenters. The fraction of sp³-hybridized carbons (Fsp3) is 0.429. The van der Waals surface area contributed by atoms with Crippen molar-refractivity contribution < 1.29 is 8.42 Å². The van der Waals surface area contributed by atoms with Gasteiger partial charge in [-0.1, -0.05) is 18.2 Å². The lowest BCUT2D eigenvalue weighted by atomic mass is 10.2. The van der Waals surface area contributed by atoms with Crippen molar-refractivity contribution in [1.82, 2.24) is 19.9 Å². The van der Waals surface area contributed by atoms with Gasteiger partial charge in [-0.05, 0) is 25.6 Å². The summed E-state index contributed by atoms with van der Waals surface area (Å²) in [5.74, 6) is 0.537. The lowest BCUT2D eigenvalue weighted by Crippen LogP contribution is -2.32. The van der Waals surface area contributed by atoms with Crippen molar-refractivity contribution in [1.29, 1.82) is 0 Å². The van der Waals surface area contributed by atoms with Crippen LogP contribution in [0.25, 0.3) is 5.69 Å². The largest absolute Gasteiger partial charge is 0.296 e. The van der Waals surface area contributed by atoms with Crippen LogP contribution in [0.4, 0.5) is 0 Å². The van der Waals surface area contributed by atoms with E-state index in [-0.39, 0.29) is 11.8 Å². The van der Waals surface area contributed by atoms with Gasteiger partial charge in [0.25, 0.3) is 0 Å². The molecule has 112 valence electrons. The van der Waals surface area contributed by atoms with Gasteiger partial charge in [-0.25, -0.2) is 8.42 Å². The molecule has 1 saturated heterocycles. The third-order valence-electron chi connectivity index (χ3n) is 3.77. The van der Waals surface area contributed by atoms with Gasteiger partial charge >= 0.3 is 0 Å². The fourth-order valence-electron chi connectivity index (χ4n) is 2.56. The van der Waals surface area contributed by atoms with Gasteiger partial charge in [0.15, 0.2) is 9.84 Å². The molecule has 0 bridgehead atoms. The van der Waals surface area contributed by atoms with Crippen LogP contribution < -0.4 is 0 Å². The molecule has 7 heteroatoms. The number of hydrogen-bond donors (Lipinski definition) is 0. The van der Waals surface area contributed by atoms with Gasteiger partial charge in [0.1, 0.15) is 0 Å². The standard InChI is InChI=1S/C14H18N4O2S/c1-17(14-7-8-21(19,20)11-14)10-12-9-15-18(16-12)13-5-3-2-4-6-13/h2-6,9,14H,7-8,10-11H2,1H3/t14-/m0/s1. The van der Waals surface area contributed by atoms with Crippen LogP contribution in [-0.4, -0.2) is 52.9 Å². The van der Waals surface area contributed by atoms with Crippen LogP contribution >= 0.6 is 0 Å². The average molecular weight is 306 g/mol. The van der Waals surface area contributed by atoms with Crippen molar-refractivity contribution in [3.05, 3.63) is 42.2 Å². The van der Waals surface area contributed by atoms with Gasteiger partial charge in [-0.2, -0.15) is 15.0 Å². The molecular formula is C14H18N4O2S. The second kappa shape index (κ2) is 5.57. The van der Waals surface area contributed by atoms with Gasteiger partial charge in [-0.3, -0.25) is 4.90 Å². The maximum atomic E-state index is 11.5.